The van der Waals surface area contributed by atoms with Gasteiger partial charge in [0.1, 0.15) is 5.82 Å². The Morgan fingerprint density at radius 2 is 2.00 bits per heavy atom. The van der Waals surface area contributed by atoms with Gasteiger partial charge in [0, 0.05) is 17.8 Å². The highest BCUT2D eigenvalue weighted by molar-refractivity contribution is 5.99. The molecule has 0 bridgehead atoms. The molecule has 2 aromatic rings. The molecule has 25 heavy (non-hydrogen) atoms. The van der Waals surface area contributed by atoms with E-state index in [-0.39, 0.29) is 11.7 Å². The van der Waals surface area contributed by atoms with Crippen molar-refractivity contribution in [1.82, 2.24) is 10.6 Å². The molecule has 6 heteroatoms. The van der Waals surface area contributed by atoms with Crippen LogP contribution in [-0.4, -0.2) is 18.5 Å². The van der Waals surface area contributed by atoms with Crippen LogP contribution in [0.3, 0.4) is 0 Å². The first-order valence-corrected chi connectivity index (χ1v) is 8.11. The molecule has 130 valence electrons. The number of urea groups is 1. The van der Waals surface area contributed by atoms with Gasteiger partial charge in [-0.05, 0) is 55.7 Å². The third kappa shape index (κ3) is 3.79. The lowest BCUT2D eigenvalue weighted by Crippen LogP contribution is -2.43. The van der Waals surface area contributed by atoms with Crippen LogP contribution in [0.2, 0.25) is 0 Å². The Labute approximate surface area is 145 Å². The van der Waals surface area contributed by atoms with Crippen LogP contribution in [0.1, 0.15) is 35.3 Å². The maximum Gasteiger partial charge on any atom is 0.319 e. The first-order valence-electron chi connectivity index (χ1n) is 8.11. The molecule has 2 aromatic carbocycles. The molecule has 1 aliphatic heterocycles. The molecule has 0 aromatic heterocycles. The van der Waals surface area contributed by atoms with E-state index >= 15 is 0 Å². The van der Waals surface area contributed by atoms with Gasteiger partial charge in [-0.25, -0.2) is 9.18 Å². The van der Waals surface area contributed by atoms with Gasteiger partial charge < -0.3 is 16.0 Å². The zero-order valence-corrected chi connectivity index (χ0v) is 14.2. The first-order chi connectivity index (χ1) is 11.8. The normalized spacial score (nSPS) is 13.6. The summed E-state index contributed by atoms with van der Waals surface area (Å²) < 4.78 is 13.4. The third-order valence-corrected chi connectivity index (χ3v) is 4.26. The minimum absolute atomic E-state index is 0.134. The van der Waals surface area contributed by atoms with Crippen LogP contribution >= 0.6 is 0 Å². The van der Waals surface area contributed by atoms with Crippen LogP contribution in [0, 0.1) is 5.82 Å². The van der Waals surface area contributed by atoms with E-state index in [0.717, 1.165) is 12.0 Å². The monoisotopic (exact) mass is 341 g/mol. The number of hydrogen-bond donors (Lipinski definition) is 3. The molecule has 3 amide bonds. The standard InChI is InChI=1S/C19H20FN3O2/c1-19(2,13-4-3-5-14(20)10-13)23-18(25)22-15-7-6-12-8-9-21-17(24)16(12)11-15/h3-7,10-11H,8-9H2,1-2H3,(H,21,24)(H2,22,23,25). The number of benzene rings is 2. The summed E-state index contributed by atoms with van der Waals surface area (Å²) in [6.45, 7) is 4.21. The average Bonchev–Trinajstić information content (AvgIpc) is 2.55. The molecule has 0 saturated heterocycles. The Hall–Kier alpha value is -2.89. The van der Waals surface area contributed by atoms with E-state index in [1.807, 2.05) is 6.07 Å². The molecule has 1 heterocycles. The van der Waals surface area contributed by atoms with Crippen molar-refractivity contribution in [3.8, 4) is 0 Å². The predicted octanol–water partition coefficient (Wildman–Crippen LogP) is 3.17. The Bertz CT molecular complexity index is 833. The van der Waals surface area contributed by atoms with Crippen molar-refractivity contribution in [2.45, 2.75) is 25.8 Å². The molecule has 3 rings (SSSR count). The lowest BCUT2D eigenvalue weighted by molar-refractivity contribution is 0.0946. The molecule has 0 radical (unpaired) electrons. The molecule has 0 unspecified atom stereocenters. The van der Waals surface area contributed by atoms with Crippen LogP contribution in [0.5, 0.6) is 0 Å². The van der Waals surface area contributed by atoms with Crippen LogP contribution in [-0.2, 0) is 12.0 Å². The summed E-state index contributed by atoms with van der Waals surface area (Å²) in [4.78, 5) is 24.2. The zero-order chi connectivity index (χ0) is 18.0. The molecule has 0 fully saturated rings. The van der Waals surface area contributed by atoms with Gasteiger partial charge in [0.05, 0.1) is 5.54 Å². The summed E-state index contributed by atoms with van der Waals surface area (Å²) in [5.41, 5.74) is 1.98. The number of halogens is 1. The largest absolute Gasteiger partial charge is 0.352 e. The highest BCUT2D eigenvalue weighted by Gasteiger charge is 2.24. The molecule has 5 nitrogen and oxygen atoms in total. The van der Waals surface area contributed by atoms with Crippen molar-refractivity contribution >= 4 is 17.6 Å². The van der Waals surface area contributed by atoms with Gasteiger partial charge in [0.2, 0.25) is 0 Å². The molecule has 0 atom stereocenters. The summed E-state index contributed by atoms with van der Waals surface area (Å²) in [5.74, 6) is -0.487. The van der Waals surface area contributed by atoms with Crippen molar-refractivity contribution < 1.29 is 14.0 Å². The lowest BCUT2D eigenvalue weighted by atomic mass is 9.94. The molecular formula is C19H20FN3O2. The molecule has 0 saturated carbocycles. The first kappa shape index (κ1) is 17.0. The fourth-order valence-corrected chi connectivity index (χ4v) is 2.89. The number of amides is 3. The quantitative estimate of drug-likeness (QED) is 0.802. The molecule has 0 spiro atoms. The van der Waals surface area contributed by atoms with Crippen molar-refractivity contribution in [3.63, 3.8) is 0 Å². The van der Waals surface area contributed by atoms with Crippen molar-refractivity contribution in [1.29, 1.82) is 0 Å². The lowest BCUT2D eigenvalue weighted by Gasteiger charge is -2.27. The number of fused-ring (bicyclic) bond motifs is 1. The maximum absolute atomic E-state index is 13.4. The number of carbonyl (C=O) groups excluding carboxylic acids is 2. The minimum Gasteiger partial charge on any atom is -0.352 e. The zero-order valence-electron chi connectivity index (χ0n) is 14.2. The topological polar surface area (TPSA) is 70.2 Å². The van der Waals surface area contributed by atoms with E-state index in [1.165, 1.54) is 12.1 Å². The second-order valence-electron chi connectivity index (χ2n) is 6.59. The fraction of sp³-hybridized carbons (Fsp3) is 0.263. The van der Waals surface area contributed by atoms with Gasteiger partial charge in [-0.15, -0.1) is 0 Å². The number of hydrogen-bond acceptors (Lipinski definition) is 2. The van der Waals surface area contributed by atoms with Gasteiger partial charge in [0.25, 0.3) is 5.91 Å². The third-order valence-electron chi connectivity index (χ3n) is 4.26. The van der Waals surface area contributed by atoms with Gasteiger partial charge >= 0.3 is 6.03 Å². The molecule has 1 aliphatic rings. The van der Waals surface area contributed by atoms with E-state index in [4.69, 9.17) is 0 Å². The van der Waals surface area contributed by atoms with Crippen molar-refractivity contribution in [2.75, 3.05) is 11.9 Å². The Morgan fingerprint density at radius 1 is 1.20 bits per heavy atom. The van der Waals surface area contributed by atoms with E-state index < -0.39 is 11.6 Å². The van der Waals surface area contributed by atoms with Crippen molar-refractivity contribution in [2.24, 2.45) is 0 Å². The Kier molecular flexibility index (Phi) is 4.44. The highest BCUT2D eigenvalue weighted by atomic mass is 19.1. The Morgan fingerprint density at radius 3 is 2.76 bits per heavy atom. The van der Waals surface area contributed by atoms with Crippen LogP contribution in [0.25, 0.3) is 0 Å². The average molecular weight is 341 g/mol. The summed E-state index contributed by atoms with van der Waals surface area (Å²) >= 11 is 0. The van der Waals surface area contributed by atoms with E-state index in [9.17, 15) is 14.0 Å². The number of nitrogens with one attached hydrogen (secondary N) is 3. The van der Waals surface area contributed by atoms with Crippen LogP contribution < -0.4 is 16.0 Å². The van der Waals surface area contributed by atoms with Gasteiger partial charge in [-0.3, -0.25) is 4.79 Å². The maximum atomic E-state index is 13.4. The van der Waals surface area contributed by atoms with Crippen LogP contribution in [0.4, 0.5) is 14.9 Å². The van der Waals surface area contributed by atoms with Gasteiger partial charge in [-0.1, -0.05) is 18.2 Å². The summed E-state index contributed by atoms with van der Waals surface area (Å²) in [5, 5.41) is 8.33. The second-order valence-corrected chi connectivity index (χ2v) is 6.59. The predicted molar refractivity (Wildman–Crippen MR) is 94.1 cm³/mol. The van der Waals surface area contributed by atoms with E-state index in [0.29, 0.717) is 23.4 Å². The number of anilines is 1. The smallest absolute Gasteiger partial charge is 0.319 e. The fourth-order valence-electron chi connectivity index (χ4n) is 2.89. The van der Waals surface area contributed by atoms with E-state index in [1.54, 1.807) is 38.1 Å². The highest BCUT2D eigenvalue weighted by Crippen LogP contribution is 2.22. The van der Waals surface area contributed by atoms with E-state index in [2.05, 4.69) is 16.0 Å². The van der Waals surface area contributed by atoms with Gasteiger partial charge in [-0.2, -0.15) is 0 Å². The summed E-state index contributed by atoms with van der Waals surface area (Å²) in [7, 11) is 0. The SMILES string of the molecule is CC(C)(NC(=O)Nc1ccc2c(c1)C(=O)NCC2)c1cccc(F)c1. The molecular weight excluding hydrogens is 321 g/mol. The minimum atomic E-state index is -0.752. The van der Waals surface area contributed by atoms with Crippen LogP contribution in [0.15, 0.2) is 42.5 Å². The second kappa shape index (κ2) is 6.55. The Balaban J connectivity index is 1.72. The number of rotatable bonds is 3. The molecule has 3 N–H and O–H groups in total. The number of carbonyl (C=O) groups is 2. The summed E-state index contributed by atoms with van der Waals surface area (Å²) in [6.07, 6.45) is 0.778. The van der Waals surface area contributed by atoms with Crippen molar-refractivity contribution in [3.05, 3.63) is 65.0 Å². The van der Waals surface area contributed by atoms with Gasteiger partial charge in [0.15, 0.2) is 0 Å². The summed E-state index contributed by atoms with van der Waals surface area (Å²) in [6, 6.07) is 11.0. The molecule has 0 aliphatic carbocycles.